The second-order valence-corrected chi connectivity index (χ2v) is 7.80. The summed E-state index contributed by atoms with van der Waals surface area (Å²) < 4.78 is 55.3. The van der Waals surface area contributed by atoms with Crippen LogP contribution in [0, 0.1) is 0 Å². The fraction of sp³-hybridized carbons (Fsp3) is 0.417. The molecule has 1 atom stereocenters. The molecule has 0 aromatic heterocycles. The third-order valence-electron chi connectivity index (χ3n) is 5.39. The molecule has 7 nitrogen and oxygen atoms in total. The number of nitrogens with one attached hydrogen (secondary N) is 1. The quantitative estimate of drug-likeness (QED) is 0.575. The number of methoxy groups -OCH3 is 1. The number of halogens is 3. The van der Waals surface area contributed by atoms with Crippen molar-refractivity contribution in [2.75, 3.05) is 43.6 Å². The summed E-state index contributed by atoms with van der Waals surface area (Å²) in [5.41, 5.74) is 0.462. The highest BCUT2D eigenvalue weighted by molar-refractivity contribution is 5.98. The number of hydrogen-bond acceptors (Lipinski definition) is 6. The molecule has 2 aromatic rings. The van der Waals surface area contributed by atoms with Gasteiger partial charge in [-0.25, -0.2) is 0 Å². The Hall–Kier alpha value is -3.27. The number of amides is 1. The molecule has 10 heteroatoms. The Morgan fingerprint density at radius 1 is 1.12 bits per heavy atom. The Labute approximate surface area is 195 Å². The molecule has 1 unspecified atom stereocenters. The fourth-order valence-electron chi connectivity index (χ4n) is 3.48. The second kappa shape index (κ2) is 11.2. The van der Waals surface area contributed by atoms with Gasteiger partial charge in [-0.15, -0.1) is 0 Å². The number of rotatable bonds is 8. The van der Waals surface area contributed by atoms with E-state index in [1.807, 2.05) is 17.0 Å². The van der Waals surface area contributed by atoms with Gasteiger partial charge in [0.1, 0.15) is 5.75 Å². The van der Waals surface area contributed by atoms with Crippen LogP contribution < -0.4 is 15.0 Å². The number of esters is 1. The van der Waals surface area contributed by atoms with Gasteiger partial charge in [-0.05, 0) is 49.2 Å². The van der Waals surface area contributed by atoms with E-state index in [1.165, 1.54) is 13.0 Å². The van der Waals surface area contributed by atoms with Gasteiger partial charge in [0.05, 0.1) is 37.3 Å². The van der Waals surface area contributed by atoms with Crippen LogP contribution in [0.15, 0.2) is 42.5 Å². The molecule has 34 heavy (non-hydrogen) atoms. The normalized spacial score (nSPS) is 14.9. The summed E-state index contributed by atoms with van der Waals surface area (Å²) in [6, 6.07) is 10.4. The molecule has 0 aliphatic carbocycles. The number of morpholine rings is 1. The summed E-state index contributed by atoms with van der Waals surface area (Å²) in [4.78, 5) is 26.7. The Morgan fingerprint density at radius 3 is 2.41 bits per heavy atom. The fourth-order valence-corrected chi connectivity index (χ4v) is 3.48. The van der Waals surface area contributed by atoms with E-state index in [-0.39, 0.29) is 12.1 Å². The number of carbonyl (C=O) groups is 2. The number of benzene rings is 2. The maximum absolute atomic E-state index is 13.3. The molecule has 1 heterocycles. The molecule has 1 aliphatic heterocycles. The zero-order valence-corrected chi connectivity index (χ0v) is 19.0. The van der Waals surface area contributed by atoms with E-state index in [1.54, 1.807) is 19.2 Å². The zero-order chi connectivity index (χ0) is 24.7. The molecular formula is C24H27F3N2O5. The Balaban J connectivity index is 1.63. The third kappa shape index (κ3) is 6.86. The largest absolute Gasteiger partial charge is 0.497 e. The van der Waals surface area contributed by atoms with Gasteiger partial charge in [0, 0.05) is 19.5 Å². The highest BCUT2D eigenvalue weighted by atomic mass is 19.4. The van der Waals surface area contributed by atoms with Gasteiger partial charge < -0.3 is 24.4 Å². The maximum Gasteiger partial charge on any atom is 0.416 e. The van der Waals surface area contributed by atoms with Gasteiger partial charge in [0.2, 0.25) is 0 Å². The Morgan fingerprint density at radius 2 is 1.79 bits per heavy atom. The van der Waals surface area contributed by atoms with Gasteiger partial charge in [-0.2, -0.15) is 13.2 Å². The molecule has 0 saturated carbocycles. The number of carbonyl (C=O) groups excluding carboxylic acids is 2. The van der Waals surface area contributed by atoms with Crippen molar-refractivity contribution in [1.29, 1.82) is 0 Å². The van der Waals surface area contributed by atoms with E-state index in [0.29, 0.717) is 44.2 Å². The highest BCUT2D eigenvalue weighted by Crippen LogP contribution is 2.36. The lowest BCUT2D eigenvalue weighted by Crippen LogP contribution is -2.37. The van der Waals surface area contributed by atoms with Crippen molar-refractivity contribution in [3.05, 3.63) is 53.6 Å². The number of ether oxygens (including phenoxy) is 3. The van der Waals surface area contributed by atoms with Crippen LogP contribution in [-0.2, 0) is 31.7 Å². The summed E-state index contributed by atoms with van der Waals surface area (Å²) in [5.74, 6) is -0.606. The first-order chi connectivity index (χ1) is 16.2. The van der Waals surface area contributed by atoms with Crippen LogP contribution in [0.25, 0.3) is 0 Å². The summed E-state index contributed by atoms with van der Waals surface area (Å²) >= 11 is 0. The van der Waals surface area contributed by atoms with Crippen molar-refractivity contribution in [1.82, 2.24) is 0 Å². The first-order valence-electron chi connectivity index (χ1n) is 10.8. The average molecular weight is 480 g/mol. The van der Waals surface area contributed by atoms with E-state index in [4.69, 9.17) is 14.2 Å². The molecule has 1 fully saturated rings. The standard InChI is InChI=1S/C24H27F3N2O5/c1-16(34-22(30)10-5-17-3-7-19(32-2)8-4-17)23(31)28-20-15-18(24(25,26)27)6-9-21(20)29-11-13-33-14-12-29/h3-4,6-9,15-16H,5,10-14H2,1-2H3,(H,28,31). The first kappa shape index (κ1) is 25.4. The van der Waals surface area contributed by atoms with Gasteiger partial charge >= 0.3 is 12.1 Å². The summed E-state index contributed by atoms with van der Waals surface area (Å²) in [5, 5.41) is 2.50. The first-order valence-corrected chi connectivity index (χ1v) is 10.8. The van der Waals surface area contributed by atoms with E-state index in [9.17, 15) is 22.8 Å². The molecule has 184 valence electrons. The molecule has 0 spiro atoms. The predicted octanol–water partition coefficient (Wildman–Crippen LogP) is 4.05. The summed E-state index contributed by atoms with van der Waals surface area (Å²) in [7, 11) is 1.56. The van der Waals surface area contributed by atoms with E-state index in [0.717, 1.165) is 17.7 Å². The molecule has 0 bridgehead atoms. The Bertz CT molecular complexity index is 989. The lowest BCUT2D eigenvalue weighted by Gasteiger charge is -2.31. The molecule has 0 radical (unpaired) electrons. The molecular weight excluding hydrogens is 453 g/mol. The van der Waals surface area contributed by atoms with Crippen LogP contribution in [0.1, 0.15) is 24.5 Å². The van der Waals surface area contributed by atoms with Crippen molar-refractivity contribution >= 4 is 23.3 Å². The van der Waals surface area contributed by atoms with Crippen LogP contribution >= 0.6 is 0 Å². The van der Waals surface area contributed by atoms with Gasteiger partial charge in [-0.1, -0.05) is 12.1 Å². The minimum atomic E-state index is -4.57. The van der Waals surface area contributed by atoms with E-state index < -0.39 is 29.7 Å². The molecule has 1 aliphatic rings. The number of anilines is 2. The van der Waals surface area contributed by atoms with Crippen LogP contribution in [0.5, 0.6) is 5.75 Å². The third-order valence-corrected chi connectivity index (χ3v) is 5.39. The minimum Gasteiger partial charge on any atom is -0.497 e. The lowest BCUT2D eigenvalue weighted by atomic mass is 10.1. The van der Waals surface area contributed by atoms with Gasteiger partial charge in [0.25, 0.3) is 5.91 Å². The molecule has 1 amide bonds. The lowest BCUT2D eigenvalue weighted by molar-refractivity contribution is -0.153. The van der Waals surface area contributed by atoms with E-state index >= 15 is 0 Å². The maximum atomic E-state index is 13.3. The molecule has 3 rings (SSSR count). The Kier molecular flexibility index (Phi) is 8.38. The number of hydrogen-bond donors (Lipinski definition) is 1. The molecule has 1 N–H and O–H groups in total. The van der Waals surface area contributed by atoms with Crippen LogP contribution in [0.3, 0.4) is 0 Å². The minimum absolute atomic E-state index is 0.00265. The monoisotopic (exact) mass is 480 g/mol. The SMILES string of the molecule is COc1ccc(CCC(=O)OC(C)C(=O)Nc2cc(C(F)(F)F)ccc2N2CCOCC2)cc1. The van der Waals surface area contributed by atoms with Crippen LogP contribution in [0.4, 0.5) is 24.5 Å². The number of nitrogens with zero attached hydrogens (tertiary/aromatic N) is 1. The predicted molar refractivity (Wildman–Crippen MR) is 120 cm³/mol. The second-order valence-electron chi connectivity index (χ2n) is 7.80. The topological polar surface area (TPSA) is 77.1 Å². The van der Waals surface area contributed by atoms with E-state index in [2.05, 4.69) is 5.32 Å². The highest BCUT2D eigenvalue weighted by Gasteiger charge is 2.32. The van der Waals surface area contributed by atoms with Gasteiger partial charge in [-0.3, -0.25) is 9.59 Å². The smallest absolute Gasteiger partial charge is 0.416 e. The van der Waals surface area contributed by atoms with Crippen molar-refractivity contribution in [2.45, 2.75) is 32.0 Å². The zero-order valence-electron chi connectivity index (χ0n) is 19.0. The van der Waals surface area contributed by atoms with Crippen molar-refractivity contribution in [3.63, 3.8) is 0 Å². The molecule has 2 aromatic carbocycles. The van der Waals surface area contributed by atoms with Gasteiger partial charge in [0.15, 0.2) is 6.10 Å². The van der Waals surface area contributed by atoms with Crippen LogP contribution in [-0.4, -0.2) is 51.4 Å². The van der Waals surface area contributed by atoms with Crippen molar-refractivity contribution in [3.8, 4) is 5.75 Å². The van der Waals surface area contributed by atoms with Crippen molar-refractivity contribution in [2.24, 2.45) is 0 Å². The number of aryl methyl sites for hydroxylation is 1. The summed E-state index contributed by atoms with van der Waals surface area (Å²) in [6.07, 6.45) is -5.29. The number of alkyl halides is 3. The average Bonchev–Trinajstić information content (AvgIpc) is 2.83. The summed E-state index contributed by atoms with van der Waals surface area (Å²) in [6.45, 7) is 3.18. The van der Waals surface area contributed by atoms with Crippen molar-refractivity contribution < 1.29 is 37.0 Å². The molecule has 1 saturated heterocycles. The van der Waals surface area contributed by atoms with Crippen LogP contribution in [0.2, 0.25) is 0 Å².